The van der Waals surface area contributed by atoms with Crippen molar-refractivity contribution in [2.45, 2.75) is 6.42 Å². The van der Waals surface area contributed by atoms with Gasteiger partial charge in [0.25, 0.3) is 5.91 Å². The summed E-state index contributed by atoms with van der Waals surface area (Å²) < 4.78 is 12.2. The van der Waals surface area contributed by atoms with E-state index in [0.717, 1.165) is 37.7 Å². The van der Waals surface area contributed by atoms with E-state index in [1.807, 2.05) is 54.6 Å². The molecule has 1 aliphatic heterocycles. The van der Waals surface area contributed by atoms with Gasteiger partial charge in [0.2, 0.25) is 0 Å². The maximum Gasteiger partial charge on any atom is 0.310 e. The molecule has 2 heterocycles. The van der Waals surface area contributed by atoms with Crippen molar-refractivity contribution >= 4 is 23.3 Å². The zero-order valence-electron chi connectivity index (χ0n) is 17.1. The van der Waals surface area contributed by atoms with E-state index >= 15 is 0 Å². The Balaban J connectivity index is 1.22. The number of amides is 1. The van der Waals surface area contributed by atoms with Crippen LogP contribution in [0.5, 0.6) is 0 Å². The molecule has 31 heavy (non-hydrogen) atoms. The number of carbonyl (C=O) groups is 2. The maximum atomic E-state index is 12.1. The van der Waals surface area contributed by atoms with Crippen LogP contribution in [0.25, 0.3) is 5.69 Å². The lowest BCUT2D eigenvalue weighted by molar-refractivity contribution is -0.146. The molecule has 0 aliphatic carbocycles. The first-order chi connectivity index (χ1) is 15.2. The van der Waals surface area contributed by atoms with E-state index in [1.165, 1.54) is 0 Å². The molecule has 1 aliphatic rings. The first-order valence-corrected chi connectivity index (χ1v) is 10.1. The zero-order chi connectivity index (χ0) is 21.5. The molecule has 0 spiro atoms. The number of benzene rings is 2. The summed E-state index contributed by atoms with van der Waals surface area (Å²) in [4.78, 5) is 26.4. The summed E-state index contributed by atoms with van der Waals surface area (Å²) in [5, 5.41) is 6.99. The quantitative estimate of drug-likeness (QED) is 0.591. The van der Waals surface area contributed by atoms with Crippen LogP contribution in [0, 0.1) is 0 Å². The fourth-order valence-electron chi connectivity index (χ4n) is 3.31. The minimum atomic E-state index is -0.481. The third-order valence-corrected chi connectivity index (χ3v) is 4.90. The molecule has 1 fully saturated rings. The second-order valence-electron chi connectivity index (χ2n) is 7.16. The summed E-state index contributed by atoms with van der Waals surface area (Å²) in [6, 6.07) is 17.2. The van der Waals surface area contributed by atoms with E-state index in [9.17, 15) is 9.59 Å². The molecule has 0 radical (unpaired) electrons. The minimum Gasteiger partial charge on any atom is -0.455 e. The molecule has 1 saturated heterocycles. The molecule has 8 nitrogen and oxygen atoms in total. The highest BCUT2D eigenvalue weighted by Crippen LogP contribution is 2.19. The van der Waals surface area contributed by atoms with E-state index in [2.05, 4.69) is 15.3 Å². The molecule has 2 aromatic carbocycles. The number of rotatable bonds is 7. The third kappa shape index (κ3) is 5.70. The van der Waals surface area contributed by atoms with Crippen molar-refractivity contribution in [1.82, 2.24) is 9.78 Å². The van der Waals surface area contributed by atoms with Gasteiger partial charge in [-0.1, -0.05) is 18.2 Å². The van der Waals surface area contributed by atoms with Crippen molar-refractivity contribution in [2.75, 3.05) is 43.1 Å². The Labute approximate surface area is 180 Å². The fourth-order valence-corrected chi connectivity index (χ4v) is 3.31. The van der Waals surface area contributed by atoms with Crippen LogP contribution in [0.3, 0.4) is 0 Å². The lowest BCUT2D eigenvalue weighted by Crippen LogP contribution is -2.36. The second kappa shape index (κ2) is 9.90. The predicted octanol–water partition coefficient (Wildman–Crippen LogP) is 2.43. The Bertz CT molecular complexity index is 1010. The standard InChI is InChI=1S/C23H24N4O4/c28-22(25-19-6-8-20(9-7-19)26-10-12-30-13-11-26)17-31-23(29)14-18-15-24-27(16-18)21-4-2-1-3-5-21/h1-9,15-16H,10-14,17H2,(H,25,28). The summed E-state index contributed by atoms with van der Waals surface area (Å²) in [5.41, 5.74) is 3.36. The summed E-state index contributed by atoms with van der Waals surface area (Å²) in [5.74, 6) is -0.863. The average Bonchev–Trinajstić information content (AvgIpc) is 3.28. The Kier molecular flexibility index (Phi) is 6.59. The molecule has 4 rings (SSSR count). The molecule has 1 amide bonds. The van der Waals surface area contributed by atoms with Crippen molar-refractivity contribution in [3.8, 4) is 5.69 Å². The Hall–Kier alpha value is -3.65. The Morgan fingerprint density at radius 1 is 1.00 bits per heavy atom. The summed E-state index contributed by atoms with van der Waals surface area (Å²) in [6.45, 7) is 2.81. The first kappa shape index (κ1) is 20.6. The number of aromatic nitrogens is 2. The number of hydrogen-bond donors (Lipinski definition) is 1. The molecule has 0 unspecified atom stereocenters. The van der Waals surface area contributed by atoms with Gasteiger partial charge in [-0.05, 0) is 36.4 Å². The number of nitrogens with zero attached hydrogens (tertiary/aromatic N) is 3. The van der Waals surface area contributed by atoms with Crippen LogP contribution < -0.4 is 10.2 Å². The van der Waals surface area contributed by atoms with Gasteiger partial charge in [0.15, 0.2) is 6.61 Å². The third-order valence-electron chi connectivity index (χ3n) is 4.90. The van der Waals surface area contributed by atoms with Crippen molar-refractivity contribution in [1.29, 1.82) is 0 Å². The van der Waals surface area contributed by atoms with Crippen LogP contribution in [-0.4, -0.2) is 54.6 Å². The summed E-state index contributed by atoms with van der Waals surface area (Å²) in [7, 11) is 0. The summed E-state index contributed by atoms with van der Waals surface area (Å²) >= 11 is 0. The van der Waals surface area contributed by atoms with Crippen LogP contribution in [-0.2, 0) is 25.5 Å². The fraction of sp³-hybridized carbons (Fsp3) is 0.261. The van der Waals surface area contributed by atoms with Crippen LogP contribution in [0.15, 0.2) is 67.0 Å². The van der Waals surface area contributed by atoms with Gasteiger partial charge in [-0.15, -0.1) is 0 Å². The molecular weight excluding hydrogens is 396 g/mol. The van der Waals surface area contributed by atoms with Crippen LogP contribution in [0.1, 0.15) is 5.56 Å². The van der Waals surface area contributed by atoms with Gasteiger partial charge in [0, 0.05) is 36.2 Å². The monoisotopic (exact) mass is 420 g/mol. The van der Waals surface area contributed by atoms with Gasteiger partial charge in [-0.3, -0.25) is 9.59 Å². The molecule has 8 heteroatoms. The largest absolute Gasteiger partial charge is 0.455 e. The van der Waals surface area contributed by atoms with Gasteiger partial charge in [-0.25, -0.2) is 4.68 Å². The SMILES string of the molecule is O=C(COC(=O)Cc1cnn(-c2ccccc2)c1)Nc1ccc(N2CCOCC2)cc1. The number of ether oxygens (including phenoxy) is 2. The second-order valence-corrected chi connectivity index (χ2v) is 7.16. The van der Waals surface area contributed by atoms with Crippen LogP contribution >= 0.6 is 0 Å². The van der Waals surface area contributed by atoms with Crippen molar-refractivity contribution < 1.29 is 19.1 Å². The van der Waals surface area contributed by atoms with E-state index in [-0.39, 0.29) is 18.9 Å². The molecule has 160 valence electrons. The van der Waals surface area contributed by atoms with Crippen molar-refractivity contribution in [3.05, 3.63) is 72.6 Å². The number of carbonyl (C=O) groups excluding carboxylic acids is 2. The lowest BCUT2D eigenvalue weighted by Gasteiger charge is -2.28. The van der Waals surface area contributed by atoms with Gasteiger partial charge >= 0.3 is 5.97 Å². The minimum absolute atomic E-state index is 0.0500. The average molecular weight is 420 g/mol. The molecule has 0 bridgehead atoms. The topological polar surface area (TPSA) is 85.7 Å². The molecule has 0 saturated carbocycles. The van der Waals surface area contributed by atoms with E-state index in [4.69, 9.17) is 9.47 Å². The van der Waals surface area contributed by atoms with E-state index < -0.39 is 5.97 Å². The van der Waals surface area contributed by atoms with E-state index in [0.29, 0.717) is 11.3 Å². The molecule has 1 aromatic heterocycles. The van der Waals surface area contributed by atoms with Crippen LogP contribution in [0.2, 0.25) is 0 Å². The summed E-state index contributed by atoms with van der Waals surface area (Å²) in [6.07, 6.45) is 3.44. The molecular formula is C23H24N4O4. The number of para-hydroxylation sites is 1. The Morgan fingerprint density at radius 3 is 2.48 bits per heavy atom. The first-order valence-electron chi connectivity index (χ1n) is 10.1. The van der Waals surface area contributed by atoms with Gasteiger partial charge in [0.05, 0.1) is 31.5 Å². The van der Waals surface area contributed by atoms with E-state index in [1.54, 1.807) is 17.1 Å². The highest BCUT2D eigenvalue weighted by molar-refractivity contribution is 5.93. The number of hydrogen-bond acceptors (Lipinski definition) is 6. The normalized spacial score (nSPS) is 13.6. The molecule has 3 aromatic rings. The molecule has 0 atom stereocenters. The highest BCUT2D eigenvalue weighted by Gasteiger charge is 2.13. The van der Waals surface area contributed by atoms with Crippen molar-refractivity contribution in [3.63, 3.8) is 0 Å². The van der Waals surface area contributed by atoms with Gasteiger partial charge < -0.3 is 19.7 Å². The van der Waals surface area contributed by atoms with Gasteiger partial charge in [-0.2, -0.15) is 5.10 Å². The predicted molar refractivity (Wildman–Crippen MR) is 116 cm³/mol. The van der Waals surface area contributed by atoms with Crippen LogP contribution in [0.4, 0.5) is 11.4 Å². The smallest absolute Gasteiger partial charge is 0.310 e. The lowest BCUT2D eigenvalue weighted by atomic mass is 10.2. The maximum absolute atomic E-state index is 12.1. The number of nitrogens with one attached hydrogen (secondary N) is 1. The Morgan fingerprint density at radius 2 is 1.74 bits per heavy atom. The zero-order valence-corrected chi connectivity index (χ0v) is 17.1. The number of anilines is 2. The molecule has 1 N–H and O–H groups in total. The number of morpholine rings is 1. The van der Waals surface area contributed by atoms with Crippen molar-refractivity contribution in [2.24, 2.45) is 0 Å². The van der Waals surface area contributed by atoms with Gasteiger partial charge in [0.1, 0.15) is 0 Å². The highest BCUT2D eigenvalue weighted by atomic mass is 16.5. The number of esters is 1.